The van der Waals surface area contributed by atoms with Crippen molar-refractivity contribution in [3.8, 4) is 11.5 Å². The van der Waals surface area contributed by atoms with E-state index in [1.54, 1.807) is 19.1 Å². The van der Waals surface area contributed by atoms with Crippen LogP contribution >= 0.6 is 0 Å². The average Bonchev–Trinajstić information content (AvgIpc) is 2.39. The Morgan fingerprint density at radius 1 is 1.09 bits per heavy atom. The summed E-state index contributed by atoms with van der Waals surface area (Å²) in [5.41, 5.74) is 2.92. The number of amides is 2. The summed E-state index contributed by atoms with van der Waals surface area (Å²) in [5, 5.41) is 14.7. The van der Waals surface area contributed by atoms with Gasteiger partial charge in [-0.05, 0) is 68.3 Å². The molecule has 2 amide bonds. The van der Waals surface area contributed by atoms with Crippen LogP contribution in [0.1, 0.15) is 18.1 Å². The number of phenolic OH excluding ortho intramolecular Hbond substituents is 1. The minimum atomic E-state index is -0.504. The van der Waals surface area contributed by atoms with Crippen LogP contribution in [0.25, 0.3) is 0 Å². The van der Waals surface area contributed by atoms with Gasteiger partial charge in [0.2, 0.25) is 0 Å². The van der Waals surface area contributed by atoms with Gasteiger partial charge in [0.25, 0.3) is 0 Å². The van der Waals surface area contributed by atoms with Gasteiger partial charge in [-0.2, -0.15) is 0 Å². The summed E-state index contributed by atoms with van der Waals surface area (Å²) < 4.78 is 5.54. The second-order valence-electron chi connectivity index (χ2n) is 5.23. The number of aromatic hydroxyl groups is 1. The normalized spacial score (nSPS) is 11.6. The fraction of sp³-hybridized carbons (Fsp3) is 0.235. The van der Waals surface area contributed by atoms with E-state index in [-0.39, 0.29) is 11.8 Å². The lowest BCUT2D eigenvalue weighted by Crippen LogP contribution is -2.39. The minimum Gasteiger partial charge on any atom is -0.508 e. The van der Waals surface area contributed by atoms with Crippen molar-refractivity contribution < 1.29 is 14.6 Å². The van der Waals surface area contributed by atoms with E-state index in [0.717, 1.165) is 16.8 Å². The minimum absolute atomic E-state index is 0.167. The van der Waals surface area contributed by atoms with Crippen LogP contribution < -0.4 is 15.4 Å². The number of hydrogen-bond acceptors (Lipinski definition) is 3. The summed E-state index contributed by atoms with van der Waals surface area (Å²) >= 11 is 0. The van der Waals surface area contributed by atoms with Gasteiger partial charge in [0, 0.05) is 5.69 Å². The maximum atomic E-state index is 11.9. The summed E-state index contributed by atoms with van der Waals surface area (Å²) in [6, 6.07) is 11.8. The molecule has 0 spiro atoms. The van der Waals surface area contributed by atoms with E-state index in [2.05, 4.69) is 10.6 Å². The predicted molar refractivity (Wildman–Crippen MR) is 86.3 cm³/mol. The molecule has 1 unspecified atom stereocenters. The fourth-order valence-electron chi connectivity index (χ4n) is 2.16. The number of hydrogen-bond donors (Lipinski definition) is 3. The second-order valence-corrected chi connectivity index (χ2v) is 5.23. The zero-order valence-corrected chi connectivity index (χ0v) is 12.9. The van der Waals surface area contributed by atoms with Crippen LogP contribution in [-0.2, 0) is 0 Å². The van der Waals surface area contributed by atoms with Gasteiger partial charge >= 0.3 is 6.03 Å². The van der Waals surface area contributed by atoms with E-state index in [9.17, 15) is 9.90 Å². The molecule has 0 aliphatic carbocycles. The van der Waals surface area contributed by atoms with E-state index in [1.807, 2.05) is 32.0 Å². The van der Waals surface area contributed by atoms with E-state index >= 15 is 0 Å². The standard InChI is InChI=1S/C17H20N2O3/c1-11-8-12(2)10-14(9-11)19-17(21)18-13(3)22-16-6-4-15(20)5-7-16/h4-10,13,20H,1-3H3,(H2,18,19,21). The van der Waals surface area contributed by atoms with Crippen molar-refractivity contribution in [1.29, 1.82) is 0 Å². The van der Waals surface area contributed by atoms with E-state index in [4.69, 9.17) is 4.74 Å². The number of carbonyl (C=O) groups is 1. The van der Waals surface area contributed by atoms with Gasteiger partial charge in [-0.15, -0.1) is 0 Å². The van der Waals surface area contributed by atoms with Crippen LogP contribution in [0.5, 0.6) is 11.5 Å². The highest BCUT2D eigenvalue weighted by molar-refractivity contribution is 5.89. The third-order valence-electron chi connectivity index (χ3n) is 2.96. The quantitative estimate of drug-likeness (QED) is 0.756. The Kier molecular flexibility index (Phi) is 4.88. The molecule has 116 valence electrons. The third-order valence-corrected chi connectivity index (χ3v) is 2.96. The lowest BCUT2D eigenvalue weighted by Gasteiger charge is -2.17. The lowest BCUT2D eigenvalue weighted by molar-refractivity contribution is 0.183. The van der Waals surface area contributed by atoms with Crippen LogP contribution in [0.15, 0.2) is 42.5 Å². The van der Waals surface area contributed by atoms with Gasteiger partial charge in [0.15, 0.2) is 6.23 Å². The molecule has 0 bridgehead atoms. The smallest absolute Gasteiger partial charge is 0.322 e. The van der Waals surface area contributed by atoms with Crippen LogP contribution in [0.3, 0.4) is 0 Å². The number of rotatable bonds is 4. The maximum absolute atomic E-state index is 11.9. The summed E-state index contributed by atoms with van der Waals surface area (Å²) in [5.74, 6) is 0.734. The number of ether oxygens (including phenoxy) is 1. The van der Waals surface area contributed by atoms with E-state index in [1.165, 1.54) is 12.1 Å². The number of phenols is 1. The van der Waals surface area contributed by atoms with Crippen molar-refractivity contribution in [2.24, 2.45) is 0 Å². The Labute approximate surface area is 129 Å². The van der Waals surface area contributed by atoms with Crippen LogP contribution in [0.2, 0.25) is 0 Å². The highest BCUT2D eigenvalue weighted by Gasteiger charge is 2.09. The Morgan fingerprint density at radius 2 is 1.68 bits per heavy atom. The molecule has 0 fully saturated rings. The molecule has 1 atom stereocenters. The highest BCUT2D eigenvalue weighted by atomic mass is 16.5. The van der Waals surface area contributed by atoms with Gasteiger partial charge < -0.3 is 20.5 Å². The van der Waals surface area contributed by atoms with Crippen molar-refractivity contribution in [3.05, 3.63) is 53.6 Å². The first-order valence-electron chi connectivity index (χ1n) is 7.04. The molecule has 2 rings (SSSR count). The monoisotopic (exact) mass is 300 g/mol. The first kappa shape index (κ1) is 15.7. The number of anilines is 1. The SMILES string of the molecule is Cc1cc(C)cc(NC(=O)NC(C)Oc2ccc(O)cc2)c1. The van der Waals surface area contributed by atoms with Gasteiger partial charge in [0.05, 0.1) is 0 Å². The van der Waals surface area contributed by atoms with Gasteiger partial charge in [0.1, 0.15) is 11.5 Å². The number of aryl methyl sites for hydroxylation is 2. The molecule has 0 aliphatic rings. The van der Waals surface area contributed by atoms with Crippen molar-refractivity contribution in [2.45, 2.75) is 27.0 Å². The molecule has 22 heavy (non-hydrogen) atoms. The van der Waals surface area contributed by atoms with Crippen LogP contribution in [0, 0.1) is 13.8 Å². The molecule has 0 saturated carbocycles. The Bertz CT molecular complexity index is 633. The van der Waals surface area contributed by atoms with E-state index < -0.39 is 6.23 Å². The number of benzene rings is 2. The van der Waals surface area contributed by atoms with Gasteiger partial charge in [-0.1, -0.05) is 6.07 Å². The van der Waals surface area contributed by atoms with Crippen molar-refractivity contribution in [2.75, 3.05) is 5.32 Å². The largest absolute Gasteiger partial charge is 0.508 e. The van der Waals surface area contributed by atoms with Crippen molar-refractivity contribution in [1.82, 2.24) is 5.32 Å². The van der Waals surface area contributed by atoms with Crippen molar-refractivity contribution >= 4 is 11.7 Å². The lowest BCUT2D eigenvalue weighted by atomic mass is 10.1. The zero-order valence-electron chi connectivity index (χ0n) is 12.9. The Morgan fingerprint density at radius 3 is 2.27 bits per heavy atom. The summed E-state index contributed by atoms with van der Waals surface area (Å²) in [4.78, 5) is 11.9. The first-order chi connectivity index (χ1) is 10.4. The maximum Gasteiger partial charge on any atom is 0.322 e. The molecule has 3 N–H and O–H groups in total. The number of carbonyl (C=O) groups excluding carboxylic acids is 1. The fourth-order valence-corrected chi connectivity index (χ4v) is 2.16. The molecule has 0 aromatic heterocycles. The van der Waals surface area contributed by atoms with Crippen LogP contribution in [0.4, 0.5) is 10.5 Å². The van der Waals surface area contributed by atoms with Crippen LogP contribution in [-0.4, -0.2) is 17.4 Å². The summed E-state index contributed by atoms with van der Waals surface area (Å²) in [6.45, 7) is 5.69. The first-order valence-corrected chi connectivity index (χ1v) is 7.04. The molecule has 2 aromatic rings. The topological polar surface area (TPSA) is 70.6 Å². The zero-order chi connectivity index (χ0) is 16.1. The summed E-state index contributed by atoms with van der Waals surface area (Å²) in [7, 11) is 0. The molecule has 0 saturated heterocycles. The van der Waals surface area contributed by atoms with Gasteiger partial charge in [-0.25, -0.2) is 4.79 Å². The van der Waals surface area contributed by atoms with Gasteiger partial charge in [-0.3, -0.25) is 0 Å². The Hall–Kier alpha value is -2.69. The Balaban J connectivity index is 1.89. The molecule has 5 nitrogen and oxygen atoms in total. The molecule has 0 aliphatic heterocycles. The molecular formula is C17H20N2O3. The highest BCUT2D eigenvalue weighted by Crippen LogP contribution is 2.17. The molecule has 5 heteroatoms. The van der Waals surface area contributed by atoms with Crippen molar-refractivity contribution in [3.63, 3.8) is 0 Å². The number of nitrogens with one attached hydrogen (secondary N) is 2. The second kappa shape index (κ2) is 6.85. The van der Waals surface area contributed by atoms with E-state index in [0.29, 0.717) is 5.75 Å². The molecule has 0 heterocycles. The summed E-state index contributed by atoms with van der Waals surface area (Å²) in [6.07, 6.45) is -0.504. The molecule has 2 aromatic carbocycles. The average molecular weight is 300 g/mol. The molecule has 0 radical (unpaired) electrons. The molecular weight excluding hydrogens is 280 g/mol. The third kappa shape index (κ3) is 4.70. The predicted octanol–water partition coefficient (Wildman–Crippen LogP) is 3.56. The number of urea groups is 1.